The van der Waals surface area contributed by atoms with Crippen LogP contribution in [0.4, 0.5) is 0 Å². The summed E-state index contributed by atoms with van der Waals surface area (Å²) in [4.78, 5) is 5.60. The van der Waals surface area contributed by atoms with Gasteiger partial charge in [0.1, 0.15) is 0 Å². The van der Waals surface area contributed by atoms with E-state index in [1.807, 2.05) is 60.7 Å². The van der Waals surface area contributed by atoms with Crippen molar-refractivity contribution in [1.29, 1.82) is 0 Å². The molecule has 0 aliphatic rings. The normalized spacial score (nSPS) is 14.8. The van der Waals surface area contributed by atoms with Gasteiger partial charge in [-0.3, -0.25) is 0 Å². The molecule has 8 heteroatoms. The van der Waals surface area contributed by atoms with Gasteiger partial charge in [-0.05, 0) is 47.9 Å². The molecule has 2 aromatic carbocycles. The van der Waals surface area contributed by atoms with E-state index in [1.54, 1.807) is 0 Å². The second-order valence-corrected chi connectivity index (χ2v) is 6.57. The number of aliphatic hydroxyl groups excluding tert-OH is 2. The molecule has 0 aliphatic carbocycles. The third-order valence-corrected chi connectivity index (χ3v) is 4.68. The zero-order valence-corrected chi connectivity index (χ0v) is 15.5. The fourth-order valence-corrected chi connectivity index (χ4v) is 3.10. The standard InChI is InChI=1S/C20H24N6O2/c21-25-23-17(13-11-15-7-3-1-4-8-15)19(27)20(28)18(24-26-22)14-12-16-9-5-2-6-10-16/h1-10,17-20,27-28H,11-14H2/t17-,18-,19+,20+/m1/s1. The van der Waals surface area contributed by atoms with Crippen LogP contribution in [0, 0.1) is 0 Å². The highest BCUT2D eigenvalue weighted by Crippen LogP contribution is 2.19. The van der Waals surface area contributed by atoms with Gasteiger partial charge in [0.05, 0.1) is 24.3 Å². The molecular weight excluding hydrogens is 356 g/mol. The molecule has 0 aliphatic heterocycles. The highest BCUT2D eigenvalue weighted by Gasteiger charge is 2.31. The second kappa shape index (κ2) is 11.6. The second-order valence-electron chi connectivity index (χ2n) is 6.57. The zero-order chi connectivity index (χ0) is 20.2. The van der Waals surface area contributed by atoms with Crippen LogP contribution >= 0.6 is 0 Å². The average molecular weight is 380 g/mol. The number of hydrogen-bond acceptors (Lipinski definition) is 4. The van der Waals surface area contributed by atoms with Crippen LogP contribution in [-0.2, 0) is 12.8 Å². The number of aryl methyl sites for hydroxylation is 2. The summed E-state index contributed by atoms with van der Waals surface area (Å²) >= 11 is 0. The summed E-state index contributed by atoms with van der Waals surface area (Å²) in [7, 11) is 0. The molecule has 8 nitrogen and oxygen atoms in total. The van der Waals surface area contributed by atoms with Crippen LogP contribution in [0.3, 0.4) is 0 Å². The number of aliphatic hydroxyl groups is 2. The van der Waals surface area contributed by atoms with Crippen molar-refractivity contribution in [3.05, 3.63) is 92.7 Å². The molecule has 0 heterocycles. The molecule has 2 rings (SSSR count). The zero-order valence-electron chi connectivity index (χ0n) is 15.5. The van der Waals surface area contributed by atoms with Crippen molar-refractivity contribution in [2.45, 2.75) is 50.0 Å². The van der Waals surface area contributed by atoms with E-state index in [-0.39, 0.29) is 0 Å². The summed E-state index contributed by atoms with van der Waals surface area (Å²) in [6, 6.07) is 17.6. The molecule has 0 amide bonds. The third-order valence-electron chi connectivity index (χ3n) is 4.68. The minimum absolute atomic E-state index is 0.369. The van der Waals surface area contributed by atoms with E-state index in [4.69, 9.17) is 11.1 Å². The first-order valence-corrected chi connectivity index (χ1v) is 9.18. The van der Waals surface area contributed by atoms with Gasteiger partial charge in [0.15, 0.2) is 0 Å². The fourth-order valence-electron chi connectivity index (χ4n) is 3.10. The molecule has 0 saturated carbocycles. The smallest absolute Gasteiger partial charge is 0.0887 e. The van der Waals surface area contributed by atoms with Crippen LogP contribution in [-0.4, -0.2) is 34.5 Å². The summed E-state index contributed by atoms with van der Waals surface area (Å²) in [5.74, 6) is 0. The summed E-state index contributed by atoms with van der Waals surface area (Å²) in [6.07, 6.45) is -0.742. The van der Waals surface area contributed by atoms with Gasteiger partial charge < -0.3 is 10.2 Å². The molecule has 0 saturated heterocycles. The summed E-state index contributed by atoms with van der Waals surface area (Å²) in [5, 5.41) is 28.5. The Hall–Kier alpha value is -3.02. The van der Waals surface area contributed by atoms with E-state index in [2.05, 4.69) is 20.1 Å². The molecule has 0 fully saturated rings. The maximum absolute atomic E-state index is 10.6. The fraction of sp³-hybridized carbons (Fsp3) is 0.400. The molecular formula is C20H24N6O2. The topological polar surface area (TPSA) is 138 Å². The number of hydrogen-bond donors (Lipinski definition) is 2. The van der Waals surface area contributed by atoms with Crippen LogP contribution in [0.5, 0.6) is 0 Å². The maximum Gasteiger partial charge on any atom is 0.0887 e. The monoisotopic (exact) mass is 380 g/mol. The molecule has 0 unspecified atom stereocenters. The Bertz CT molecular complexity index is 734. The van der Waals surface area contributed by atoms with E-state index in [0.29, 0.717) is 25.7 Å². The first kappa shape index (κ1) is 21.3. The summed E-state index contributed by atoms with van der Waals surface area (Å²) in [6.45, 7) is 0. The molecule has 0 spiro atoms. The van der Waals surface area contributed by atoms with Crippen molar-refractivity contribution < 1.29 is 10.2 Å². The molecule has 0 bridgehead atoms. The van der Waals surface area contributed by atoms with E-state index in [1.165, 1.54) is 0 Å². The van der Waals surface area contributed by atoms with Crippen LogP contribution in [0.2, 0.25) is 0 Å². The predicted molar refractivity (Wildman–Crippen MR) is 107 cm³/mol. The highest BCUT2D eigenvalue weighted by molar-refractivity contribution is 5.16. The Balaban J connectivity index is 2.03. The van der Waals surface area contributed by atoms with Crippen LogP contribution in [0.15, 0.2) is 70.9 Å². The Morgan fingerprint density at radius 1 is 0.679 bits per heavy atom. The SMILES string of the molecule is [N-]=[N+]=N[C@H](CCc1ccccc1)[C@H](O)[C@@H](O)[C@@H](CCc1ccccc1)N=[N+]=[N-]. The van der Waals surface area contributed by atoms with E-state index >= 15 is 0 Å². The minimum Gasteiger partial charge on any atom is -0.390 e. The van der Waals surface area contributed by atoms with Gasteiger partial charge in [-0.15, -0.1) is 0 Å². The lowest BCUT2D eigenvalue weighted by molar-refractivity contribution is -0.0123. The number of azide groups is 2. The number of benzene rings is 2. The van der Waals surface area contributed by atoms with E-state index in [9.17, 15) is 10.2 Å². The molecule has 2 N–H and O–H groups in total. The first-order chi connectivity index (χ1) is 13.7. The molecule has 4 atom stereocenters. The van der Waals surface area contributed by atoms with Gasteiger partial charge in [-0.25, -0.2) is 0 Å². The lowest BCUT2D eigenvalue weighted by Crippen LogP contribution is -2.43. The van der Waals surface area contributed by atoms with Crippen molar-refractivity contribution in [3.8, 4) is 0 Å². The largest absolute Gasteiger partial charge is 0.390 e. The van der Waals surface area contributed by atoms with Gasteiger partial charge >= 0.3 is 0 Å². The molecule has 28 heavy (non-hydrogen) atoms. The summed E-state index contributed by atoms with van der Waals surface area (Å²) < 4.78 is 0. The van der Waals surface area contributed by atoms with Crippen molar-refractivity contribution in [2.24, 2.45) is 10.2 Å². The lowest BCUT2D eigenvalue weighted by atomic mass is 9.92. The van der Waals surface area contributed by atoms with Gasteiger partial charge in [-0.2, -0.15) is 0 Å². The Labute approximate surface area is 163 Å². The van der Waals surface area contributed by atoms with Gasteiger partial charge in [0.2, 0.25) is 0 Å². The van der Waals surface area contributed by atoms with Crippen molar-refractivity contribution in [3.63, 3.8) is 0 Å². The van der Waals surface area contributed by atoms with Gasteiger partial charge in [-0.1, -0.05) is 70.9 Å². The van der Waals surface area contributed by atoms with Gasteiger partial charge in [0.25, 0.3) is 0 Å². The Morgan fingerprint density at radius 2 is 1.04 bits per heavy atom. The highest BCUT2D eigenvalue weighted by atomic mass is 16.3. The molecule has 0 aromatic heterocycles. The van der Waals surface area contributed by atoms with Crippen LogP contribution in [0.25, 0.3) is 20.9 Å². The molecule has 2 aromatic rings. The van der Waals surface area contributed by atoms with E-state index in [0.717, 1.165) is 11.1 Å². The van der Waals surface area contributed by atoms with Gasteiger partial charge in [0, 0.05) is 9.82 Å². The predicted octanol–water partition coefficient (Wildman–Crippen LogP) is 4.33. The van der Waals surface area contributed by atoms with Crippen LogP contribution in [0.1, 0.15) is 24.0 Å². The maximum atomic E-state index is 10.6. The summed E-state index contributed by atoms with van der Waals surface area (Å²) in [5.41, 5.74) is 19.8. The van der Waals surface area contributed by atoms with Crippen molar-refractivity contribution >= 4 is 0 Å². The minimum atomic E-state index is -1.33. The first-order valence-electron chi connectivity index (χ1n) is 9.18. The number of rotatable bonds is 11. The third kappa shape index (κ3) is 6.61. The molecule has 0 radical (unpaired) electrons. The van der Waals surface area contributed by atoms with Crippen molar-refractivity contribution in [1.82, 2.24) is 0 Å². The quantitative estimate of drug-likeness (QED) is 0.340. The lowest BCUT2D eigenvalue weighted by Gasteiger charge is -2.27. The number of nitrogens with zero attached hydrogens (tertiary/aromatic N) is 6. The van der Waals surface area contributed by atoms with Crippen molar-refractivity contribution in [2.75, 3.05) is 0 Å². The Kier molecular flexibility index (Phi) is 8.85. The Morgan fingerprint density at radius 3 is 1.36 bits per heavy atom. The van der Waals surface area contributed by atoms with Crippen LogP contribution < -0.4 is 0 Å². The molecule has 146 valence electrons. The average Bonchev–Trinajstić information content (AvgIpc) is 2.74. The van der Waals surface area contributed by atoms with E-state index < -0.39 is 24.3 Å².